The highest BCUT2D eigenvalue weighted by atomic mass is 19.1. The van der Waals surface area contributed by atoms with Crippen molar-refractivity contribution in [1.29, 1.82) is 0 Å². The summed E-state index contributed by atoms with van der Waals surface area (Å²) in [6.45, 7) is 2.31. The summed E-state index contributed by atoms with van der Waals surface area (Å²) in [6, 6.07) is 4.32. The molecule has 2 saturated heterocycles. The van der Waals surface area contributed by atoms with Gasteiger partial charge in [0.05, 0.1) is 30.9 Å². The highest BCUT2D eigenvalue weighted by Gasteiger charge is 2.55. The Labute approximate surface area is 180 Å². The van der Waals surface area contributed by atoms with Gasteiger partial charge in [0.1, 0.15) is 6.61 Å². The summed E-state index contributed by atoms with van der Waals surface area (Å²) in [6.07, 6.45) is 4.90. The molecule has 166 valence electrons. The molecule has 7 nitrogen and oxygen atoms in total. The van der Waals surface area contributed by atoms with Crippen LogP contribution in [0.15, 0.2) is 24.3 Å². The predicted octanol–water partition coefficient (Wildman–Crippen LogP) is 2.05. The molecule has 0 aromatic heterocycles. The number of morpholine rings is 1. The van der Waals surface area contributed by atoms with E-state index in [0.29, 0.717) is 31.6 Å². The van der Waals surface area contributed by atoms with Gasteiger partial charge in [-0.2, -0.15) is 0 Å². The van der Waals surface area contributed by atoms with Crippen LogP contribution in [0.1, 0.15) is 38.2 Å². The molecule has 1 spiro atoms. The lowest BCUT2D eigenvalue weighted by Gasteiger charge is -2.41. The molecular formula is C23H27FN2O5. The molecule has 1 aromatic carbocycles. The number of allylic oxidation sites excluding steroid dienone is 1. The second kappa shape index (κ2) is 7.91. The Morgan fingerprint density at radius 1 is 1.26 bits per heavy atom. The van der Waals surface area contributed by atoms with Crippen molar-refractivity contribution < 1.29 is 28.2 Å². The maximum absolute atomic E-state index is 14.6. The van der Waals surface area contributed by atoms with Crippen LogP contribution in [0.4, 0.5) is 4.39 Å². The topological polar surface area (TPSA) is 77.1 Å². The van der Waals surface area contributed by atoms with Crippen LogP contribution in [0, 0.1) is 5.82 Å². The van der Waals surface area contributed by atoms with E-state index in [0.717, 1.165) is 18.4 Å². The maximum atomic E-state index is 14.6. The average molecular weight is 430 g/mol. The highest BCUT2D eigenvalue weighted by Crippen LogP contribution is 2.39. The minimum atomic E-state index is -0.691. The van der Waals surface area contributed by atoms with Crippen molar-refractivity contribution in [1.82, 2.24) is 10.2 Å². The van der Waals surface area contributed by atoms with E-state index >= 15 is 0 Å². The molecule has 4 aliphatic heterocycles. The number of amides is 2. The van der Waals surface area contributed by atoms with Crippen molar-refractivity contribution in [3.63, 3.8) is 0 Å². The van der Waals surface area contributed by atoms with Crippen LogP contribution in [-0.4, -0.2) is 66.9 Å². The first-order chi connectivity index (χ1) is 15.0. The molecule has 2 fully saturated rings. The van der Waals surface area contributed by atoms with Crippen LogP contribution in [0.5, 0.6) is 5.75 Å². The van der Waals surface area contributed by atoms with Gasteiger partial charge < -0.3 is 24.4 Å². The number of benzene rings is 1. The molecule has 2 bridgehead atoms. The van der Waals surface area contributed by atoms with Gasteiger partial charge in [-0.05, 0) is 44.2 Å². The molecule has 0 saturated carbocycles. The quantitative estimate of drug-likeness (QED) is 0.682. The summed E-state index contributed by atoms with van der Waals surface area (Å²) in [4.78, 5) is 27.2. The van der Waals surface area contributed by atoms with Crippen LogP contribution in [0.2, 0.25) is 0 Å². The lowest BCUT2D eigenvalue weighted by Crippen LogP contribution is -2.65. The fourth-order valence-corrected chi connectivity index (χ4v) is 5.51. The fourth-order valence-electron chi connectivity index (χ4n) is 5.51. The van der Waals surface area contributed by atoms with Crippen LogP contribution in [0.3, 0.4) is 0 Å². The summed E-state index contributed by atoms with van der Waals surface area (Å²) < 4.78 is 32.3. The molecule has 8 heteroatoms. The minimum Gasteiger partial charge on any atom is -0.480 e. The molecule has 0 radical (unpaired) electrons. The molecular weight excluding hydrogens is 403 g/mol. The summed E-state index contributed by atoms with van der Waals surface area (Å²) in [5, 5.41) is 3.08. The van der Waals surface area contributed by atoms with Gasteiger partial charge in [-0.15, -0.1) is 0 Å². The Balaban J connectivity index is 1.51. The van der Waals surface area contributed by atoms with Crippen LogP contribution in [0.25, 0.3) is 5.57 Å². The molecule has 6 rings (SSSR count). The van der Waals surface area contributed by atoms with Gasteiger partial charge in [-0.25, -0.2) is 4.39 Å². The van der Waals surface area contributed by atoms with Crippen LogP contribution in [-0.2, 0) is 19.1 Å². The van der Waals surface area contributed by atoms with Gasteiger partial charge >= 0.3 is 0 Å². The standard InChI is InChI=1S/C23H27FN2O5/c1-14-9-23(13-29-11-20(27)25-23)19-10-30-16-7-5-15(6-8-16)17-3-2-4-18(24)22(17)31-12-21(28)26(14)19/h2-5,14,16,19H,6-13H2,1H3,(H,25,27). The van der Waals surface area contributed by atoms with Crippen LogP contribution < -0.4 is 10.1 Å². The van der Waals surface area contributed by atoms with Crippen molar-refractivity contribution in [2.45, 2.75) is 56.3 Å². The summed E-state index contributed by atoms with van der Waals surface area (Å²) in [5.41, 5.74) is 1.02. The Morgan fingerprint density at radius 3 is 2.90 bits per heavy atom. The zero-order valence-corrected chi connectivity index (χ0v) is 17.6. The van der Waals surface area contributed by atoms with Crippen molar-refractivity contribution >= 4 is 17.4 Å². The van der Waals surface area contributed by atoms with Crippen molar-refractivity contribution in [3.8, 4) is 5.75 Å². The van der Waals surface area contributed by atoms with Crippen molar-refractivity contribution in [2.75, 3.05) is 26.4 Å². The number of rotatable bonds is 0. The number of nitrogens with one attached hydrogen (secondary N) is 1. The molecule has 5 aliphatic rings. The normalized spacial score (nSPS) is 33.4. The first kappa shape index (κ1) is 20.5. The average Bonchev–Trinajstić information content (AvgIpc) is 3.01. The molecule has 4 heterocycles. The molecule has 1 aliphatic carbocycles. The Kier molecular flexibility index (Phi) is 5.22. The zero-order chi connectivity index (χ0) is 21.6. The first-order valence-corrected chi connectivity index (χ1v) is 10.9. The highest BCUT2D eigenvalue weighted by molar-refractivity contribution is 5.82. The summed E-state index contributed by atoms with van der Waals surface area (Å²) in [5.74, 6) is -0.802. The Morgan fingerprint density at radius 2 is 2.13 bits per heavy atom. The van der Waals surface area contributed by atoms with E-state index in [9.17, 15) is 14.0 Å². The number of hydrogen-bond acceptors (Lipinski definition) is 5. The van der Waals surface area contributed by atoms with E-state index in [2.05, 4.69) is 11.4 Å². The molecule has 4 unspecified atom stereocenters. The SMILES string of the molecule is CC1CC2(COCC(=O)N2)C2COC3CC=C(CC3)c3cccc(F)c3OCC(=O)N12. The lowest BCUT2D eigenvalue weighted by molar-refractivity contribution is -0.144. The Bertz CT molecular complexity index is 935. The molecule has 2 amide bonds. The molecule has 4 atom stereocenters. The lowest BCUT2D eigenvalue weighted by atomic mass is 9.88. The van der Waals surface area contributed by atoms with Gasteiger partial charge in [-0.1, -0.05) is 18.2 Å². The number of hydrogen-bond donors (Lipinski definition) is 1. The predicted molar refractivity (Wildman–Crippen MR) is 110 cm³/mol. The van der Waals surface area contributed by atoms with E-state index < -0.39 is 11.4 Å². The van der Waals surface area contributed by atoms with Gasteiger partial charge in [0.15, 0.2) is 18.2 Å². The van der Waals surface area contributed by atoms with Crippen molar-refractivity contribution in [2.24, 2.45) is 0 Å². The number of halogens is 1. The second-order valence-corrected chi connectivity index (χ2v) is 8.93. The smallest absolute Gasteiger partial charge is 0.261 e. The third-order valence-electron chi connectivity index (χ3n) is 6.88. The second-order valence-electron chi connectivity index (χ2n) is 8.93. The van der Waals surface area contributed by atoms with Gasteiger partial charge in [0, 0.05) is 11.6 Å². The number of carbonyl (C=O) groups excluding carboxylic acids is 2. The van der Waals surface area contributed by atoms with E-state index in [1.165, 1.54) is 6.07 Å². The monoisotopic (exact) mass is 430 g/mol. The van der Waals surface area contributed by atoms with Crippen molar-refractivity contribution in [3.05, 3.63) is 35.7 Å². The minimum absolute atomic E-state index is 0.00699. The summed E-state index contributed by atoms with van der Waals surface area (Å²) in [7, 11) is 0. The number of carbonyl (C=O) groups is 2. The first-order valence-electron chi connectivity index (χ1n) is 10.9. The van der Waals surface area contributed by atoms with E-state index in [-0.39, 0.29) is 49.0 Å². The zero-order valence-electron chi connectivity index (χ0n) is 17.6. The van der Waals surface area contributed by atoms with Gasteiger partial charge in [0.2, 0.25) is 5.91 Å². The fraction of sp³-hybridized carbons (Fsp3) is 0.565. The largest absolute Gasteiger partial charge is 0.480 e. The number of para-hydroxylation sites is 1. The van der Waals surface area contributed by atoms with E-state index in [1.807, 2.05) is 13.0 Å². The third kappa shape index (κ3) is 3.61. The molecule has 31 heavy (non-hydrogen) atoms. The van der Waals surface area contributed by atoms with E-state index in [1.54, 1.807) is 11.0 Å². The van der Waals surface area contributed by atoms with Crippen LogP contribution >= 0.6 is 0 Å². The third-order valence-corrected chi connectivity index (χ3v) is 6.88. The number of fused-ring (bicyclic) bond motifs is 5. The number of nitrogens with zero attached hydrogens (tertiary/aromatic N) is 1. The molecule has 1 aromatic rings. The maximum Gasteiger partial charge on any atom is 0.261 e. The Hall–Kier alpha value is -2.45. The van der Waals surface area contributed by atoms with Gasteiger partial charge in [-0.3, -0.25) is 9.59 Å². The summed E-state index contributed by atoms with van der Waals surface area (Å²) >= 11 is 0. The number of ether oxygens (including phenoxy) is 3. The molecule has 1 N–H and O–H groups in total. The van der Waals surface area contributed by atoms with E-state index in [4.69, 9.17) is 14.2 Å². The van der Waals surface area contributed by atoms with Gasteiger partial charge in [0.25, 0.3) is 5.91 Å².